The highest BCUT2D eigenvalue weighted by atomic mass is 79.9. The van der Waals surface area contributed by atoms with E-state index in [4.69, 9.17) is 5.73 Å². The van der Waals surface area contributed by atoms with E-state index in [-0.39, 0.29) is 0 Å². The number of aromatic nitrogens is 1. The topological polar surface area (TPSA) is 30.9 Å². The third-order valence-corrected chi connectivity index (χ3v) is 3.63. The van der Waals surface area contributed by atoms with E-state index in [1.807, 2.05) is 0 Å². The van der Waals surface area contributed by atoms with Crippen LogP contribution in [-0.2, 0) is 13.0 Å². The highest BCUT2D eigenvalue weighted by Gasteiger charge is 2.09. The van der Waals surface area contributed by atoms with E-state index in [0.717, 1.165) is 30.4 Å². The van der Waals surface area contributed by atoms with Gasteiger partial charge in [-0.3, -0.25) is 0 Å². The van der Waals surface area contributed by atoms with Crippen LogP contribution in [0.1, 0.15) is 25.8 Å². The van der Waals surface area contributed by atoms with Crippen molar-refractivity contribution in [2.75, 3.05) is 6.54 Å². The maximum Gasteiger partial charge on any atom is 0.0494 e. The summed E-state index contributed by atoms with van der Waals surface area (Å²) in [7, 11) is 0. The first-order chi connectivity index (χ1) is 8.61. The molecule has 0 saturated heterocycles. The van der Waals surface area contributed by atoms with Gasteiger partial charge in [-0.1, -0.05) is 35.8 Å². The molecule has 0 aliphatic rings. The molecule has 0 amide bonds. The standard InChI is InChI=1S/C15H21BrN2/c1-11(2)9-18-10-12(4-3-7-17)14-6-5-13(16)8-15(14)18/h5-6,8,10-11H,3-4,7,9,17H2,1-2H3. The van der Waals surface area contributed by atoms with Gasteiger partial charge in [0, 0.05) is 28.1 Å². The molecular formula is C15H21BrN2. The van der Waals surface area contributed by atoms with Crippen LogP contribution < -0.4 is 5.73 Å². The summed E-state index contributed by atoms with van der Waals surface area (Å²) in [5, 5.41) is 1.37. The van der Waals surface area contributed by atoms with Crippen molar-refractivity contribution < 1.29 is 0 Å². The number of hydrogen-bond donors (Lipinski definition) is 1. The van der Waals surface area contributed by atoms with Crippen LogP contribution in [0, 0.1) is 5.92 Å². The lowest BCUT2D eigenvalue weighted by Crippen LogP contribution is -2.03. The molecule has 2 N–H and O–H groups in total. The van der Waals surface area contributed by atoms with Crippen molar-refractivity contribution >= 4 is 26.8 Å². The molecule has 0 saturated carbocycles. The van der Waals surface area contributed by atoms with E-state index in [0.29, 0.717) is 5.92 Å². The molecule has 2 rings (SSSR count). The van der Waals surface area contributed by atoms with E-state index >= 15 is 0 Å². The van der Waals surface area contributed by atoms with E-state index in [2.05, 4.69) is 58.7 Å². The van der Waals surface area contributed by atoms with E-state index in [1.54, 1.807) is 0 Å². The summed E-state index contributed by atoms with van der Waals surface area (Å²) in [5.41, 5.74) is 8.36. The number of aryl methyl sites for hydroxylation is 1. The summed E-state index contributed by atoms with van der Waals surface area (Å²) in [6, 6.07) is 6.54. The summed E-state index contributed by atoms with van der Waals surface area (Å²) in [6.07, 6.45) is 4.42. The average Bonchev–Trinajstić information content (AvgIpc) is 2.64. The van der Waals surface area contributed by atoms with Crippen molar-refractivity contribution in [2.24, 2.45) is 11.7 Å². The van der Waals surface area contributed by atoms with Crippen LogP contribution >= 0.6 is 15.9 Å². The van der Waals surface area contributed by atoms with Gasteiger partial charge >= 0.3 is 0 Å². The maximum atomic E-state index is 5.62. The van der Waals surface area contributed by atoms with Crippen molar-refractivity contribution in [2.45, 2.75) is 33.2 Å². The first-order valence-electron chi connectivity index (χ1n) is 6.59. The first kappa shape index (κ1) is 13.6. The molecule has 2 aromatic rings. The fourth-order valence-electron chi connectivity index (χ4n) is 2.38. The first-order valence-corrected chi connectivity index (χ1v) is 7.38. The number of rotatable bonds is 5. The molecule has 0 spiro atoms. The normalized spacial score (nSPS) is 11.6. The smallest absolute Gasteiger partial charge is 0.0494 e. The molecule has 0 atom stereocenters. The van der Waals surface area contributed by atoms with Crippen LogP contribution in [-0.4, -0.2) is 11.1 Å². The number of hydrogen-bond acceptors (Lipinski definition) is 1. The molecular weight excluding hydrogens is 288 g/mol. The number of nitrogens with two attached hydrogens (primary N) is 1. The Balaban J connectivity index is 2.45. The van der Waals surface area contributed by atoms with Gasteiger partial charge < -0.3 is 10.3 Å². The zero-order valence-electron chi connectivity index (χ0n) is 11.1. The van der Waals surface area contributed by atoms with Gasteiger partial charge in [-0.2, -0.15) is 0 Å². The Morgan fingerprint density at radius 3 is 2.78 bits per heavy atom. The van der Waals surface area contributed by atoms with Gasteiger partial charge in [0.2, 0.25) is 0 Å². The third-order valence-electron chi connectivity index (χ3n) is 3.14. The van der Waals surface area contributed by atoms with Crippen molar-refractivity contribution in [1.82, 2.24) is 4.57 Å². The van der Waals surface area contributed by atoms with Crippen molar-refractivity contribution in [3.8, 4) is 0 Å². The van der Waals surface area contributed by atoms with Gasteiger partial charge in [-0.05, 0) is 43.0 Å². The van der Waals surface area contributed by atoms with E-state index in [9.17, 15) is 0 Å². The van der Waals surface area contributed by atoms with Gasteiger partial charge in [0.15, 0.2) is 0 Å². The largest absolute Gasteiger partial charge is 0.347 e. The van der Waals surface area contributed by atoms with Gasteiger partial charge in [-0.15, -0.1) is 0 Å². The summed E-state index contributed by atoms with van der Waals surface area (Å²) in [6.45, 7) is 6.33. The average molecular weight is 309 g/mol. The molecule has 1 aromatic carbocycles. The number of nitrogens with zero attached hydrogens (tertiary/aromatic N) is 1. The Morgan fingerprint density at radius 1 is 1.33 bits per heavy atom. The second kappa shape index (κ2) is 5.89. The second-order valence-corrected chi connectivity index (χ2v) is 6.17. The molecule has 3 heteroatoms. The van der Waals surface area contributed by atoms with Gasteiger partial charge in [0.1, 0.15) is 0 Å². The van der Waals surface area contributed by atoms with Gasteiger partial charge in [0.25, 0.3) is 0 Å². The van der Waals surface area contributed by atoms with Crippen molar-refractivity contribution in [3.05, 3.63) is 34.4 Å². The molecule has 0 radical (unpaired) electrons. The lowest BCUT2D eigenvalue weighted by molar-refractivity contribution is 0.534. The fourth-order valence-corrected chi connectivity index (χ4v) is 2.73. The monoisotopic (exact) mass is 308 g/mol. The molecule has 0 bridgehead atoms. The Hall–Kier alpha value is -0.800. The molecule has 98 valence electrons. The Bertz CT molecular complexity index is 529. The Kier molecular flexibility index (Phi) is 4.46. The highest BCUT2D eigenvalue weighted by molar-refractivity contribution is 9.10. The molecule has 0 unspecified atom stereocenters. The molecule has 2 nitrogen and oxygen atoms in total. The van der Waals surface area contributed by atoms with Gasteiger partial charge in [-0.25, -0.2) is 0 Å². The molecule has 18 heavy (non-hydrogen) atoms. The van der Waals surface area contributed by atoms with Crippen LogP contribution in [0.3, 0.4) is 0 Å². The summed E-state index contributed by atoms with van der Waals surface area (Å²) < 4.78 is 3.51. The lowest BCUT2D eigenvalue weighted by Gasteiger charge is -2.08. The zero-order valence-corrected chi connectivity index (χ0v) is 12.7. The van der Waals surface area contributed by atoms with Crippen LogP contribution in [0.15, 0.2) is 28.9 Å². The minimum Gasteiger partial charge on any atom is -0.347 e. The highest BCUT2D eigenvalue weighted by Crippen LogP contribution is 2.26. The quantitative estimate of drug-likeness (QED) is 0.891. The SMILES string of the molecule is CC(C)Cn1cc(CCCN)c2ccc(Br)cc21. The third kappa shape index (κ3) is 2.96. The predicted molar refractivity (Wildman–Crippen MR) is 81.9 cm³/mol. The lowest BCUT2D eigenvalue weighted by atomic mass is 10.1. The minimum absolute atomic E-state index is 0.655. The molecule has 0 aliphatic carbocycles. The van der Waals surface area contributed by atoms with Gasteiger partial charge in [0.05, 0.1) is 0 Å². The summed E-state index contributed by atoms with van der Waals surface area (Å²) in [5.74, 6) is 0.655. The maximum absolute atomic E-state index is 5.62. The van der Waals surface area contributed by atoms with Crippen LogP contribution in [0.5, 0.6) is 0 Å². The number of halogens is 1. The molecule has 0 aliphatic heterocycles. The minimum atomic E-state index is 0.655. The number of fused-ring (bicyclic) bond motifs is 1. The zero-order chi connectivity index (χ0) is 13.1. The van der Waals surface area contributed by atoms with Crippen molar-refractivity contribution in [3.63, 3.8) is 0 Å². The summed E-state index contributed by atoms with van der Waals surface area (Å²) >= 11 is 3.56. The molecule has 1 aromatic heterocycles. The Morgan fingerprint density at radius 2 is 2.11 bits per heavy atom. The molecule has 0 fully saturated rings. The second-order valence-electron chi connectivity index (χ2n) is 5.25. The number of benzene rings is 1. The van der Waals surface area contributed by atoms with Crippen LogP contribution in [0.25, 0.3) is 10.9 Å². The van der Waals surface area contributed by atoms with Crippen LogP contribution in [0.2, 0.25) is 0 Å². The van der Waals surface area contributed by atoms with E-state index < -0.39 is 0 Å². The van der Waals surface area contributed by atoms with Crippen LogP contribution in [0.4, 0.5) is 0 Å². The van der Waals surface area contributed by atoms with Crippen molar-refractivity contribution in [1.29, 1.82) is 0 Å². The van der Waals surface area contributed by atoms with E-state index in [1.165, 1.54) is 16.5 Å². The predicted octanol–water partition coefficient (Wildman–Crippen LogP) is 3.95. The Labute approximate surface area is 117 Å². The summed E-state index contributed by atoms with van der Waals surface area (Å²) in [4.78, 5) is 0. The fraction of sp³-hybridized carbons (Fsp3) is 0.467. The molecule has 1 heterocycles.